The highest BCUT2D eigenvalue weighted by molar-refractivity contribution is 7.96. The zero-order valence-corrected chi connectivity index (χ0v) is 10.3. The maximum absolute atomic E-state index is 5.89. The molecule has 14 heavy (non-hydrogen) atoms. The highest BCUT2D eigenvalue weighted by atomic mass is 35.5. The topological polar surface area (TPSA) is 38.4 Å². The van der Waals surface area contributed by atoms with Crippen LogP contribution in [0.5, 0.6) is 0 Å². The molecule has 6 heteroatoms. The van der Waals surface area contributed by atoms with E-state index in [-0.39, 0.29) is 17.6 Å². The number of thiol groups is 1. The Balaban J connectivity index is 0.00000169. The van der Waals surface area contributed by atoms with Gasteiger partial charge in [0.05, 0.1) is 6.54 Å². The van der Waals surface area contributed by atoms with Crippen molar-refractivity contribution in [2.75, 3.05) is 0 Å². The number of amidine groups is 1. The van der Waals surface area contributed by atoms with Gasteiger partial charge in [-0.25, -0.2) is 0 Å². The predicted octanol–water partition coefficient (Wildman–Crippen LogP) is 3.16. The standard InChI is InChI=1S/C8H8Cl2N2S.ClH/c9-6-2-1-5(7(10)3-6)4-12-8(11)13;/h1-3H,4H2,(H3,11,12,13);1H. The fourth-order valence-corrected chi connectivity index (χ4v) is 1.36. The van der Waals surface area contributed by atoms with Crippen LogP contribution < -0.4 is 5.73 Å². The Labute approximate surface area is 104 Å². The van der Waals surface area contributed by atoms with Gasteiger partial charge in [0.15, 0.2) is 5.17 Å². The van der Waals surface area contributed by atoms with E-state index in [2.05, 4.69) is 17.6 Å². The molecule has 2 nitrogen and oxygen atoms in total. The zero-order valence-electron chi connectivity index (χ0n) is 7.08. The molecule has 0 aromatic heterocycles. The summed E-state index contributed by atoms with van der Waals surface area (Å²) >= 11 is 15.5. The number of aliphatic imine (C=N–C) groups is 1. The quantitative estimate of drug-likeness (QED) is 0.484. The minimum Gasteiger partial charge on any atom is -0.379 e. The van der Waals surface area contributed by atoms with Gasteiger partial charge in [0.1, 0.15) is 0 Å². The van der Waals surface area contributed by atoms with Crippen LogP contribution in [-0.2, 0) is 6.54 Å². The molecule has 1 aromatic rings. The van der Waals surface area contributed by atoms with E-state index in [0.29, 0.717) is 16.6 Å². The molecule has 0 aliphatic heterocycles. The van der Waals surface area contributed by atoms with Crippen LogP contribution in [0.15, 0.2) is 23.2 Å². The number of hydrogen-bond acceptors (Lipinski definition) is 1. The average Bonchev–Trinajstić information content (AvgIpc) is 2.02. The third kappa shape index (κ3) is 4.42. The fourth-order valence-electron chi connectivity index (χ4n) is 0.816. The summed E-state index contributed by atoms with van der Waals surface area (Å²) in [7, 11) is 0. The lowest BCUT2D eigenvalue weighted by molar-refractivity contribution is 1.07. The Morgan fingerprint density at radius 2 is 2.07 bits per heavy atom. The Morgan fingerprint density at radius 1 is 1.43 bits per heavy atom. The van der Waals surface area contributed by atoms with Crippen LogP contribution in [0.4, 0.5) is 0 Å². The number of hydrogen-bond donors (Lipinski definition) is 2. The van der Waals surface area contributed by atoms with Crippen LogP contribution in [0.3, 0.4) is 0 Å². The Bertz CT molecular complexity index is 337. The van der Waals surface area contributed by atoms with Crippen LogP contribution in [0, 0.1) is 0 Å². The van der Waals surface area contributed by atoms with Gasteiger partial charge in [0.2, 0.25) is 0 Å². The van der Waals surface area contributed by atoms with Gasteiger partial charge < -0.3 is 5.73 Å². The first-order valence-corrected chi connectivity index (χ1v) is 4.72. The van der Waals surface area contributed by atoms with E-state index in [4.69, 9.17) is 28.9 Å². The average molecular weight is 272 g/mol. The lowest BCUT2D eigenvalue weighted by atomic mass is 10.2. The summed E-state index contributed by atoms with van der Waals surface area (Å²) in [6.45, 7) is 0.422. The number of nitrogens with two attached hydrogens (primary N) is 1. The summed E-state index contributed by atoms with van der Waals surface area (Å²) in [5.41, 5.74) is 6.14. The summed E-state index contributed by atoms with van der Waals surface area (Å²) < 4.78 is 0. The van der Waals surface area contributed by atoms with Crippen molar-refractivity contribution in [2.45, 2.75) is 6.54 Å². The fraction of sp³-hybridized carbons (Fsp3) is 0.125. The van der Waals surface area contributed by atoms with Crippen molar-refractivity contribution in [2.24, 2.45) is 10.7 Å². The van der Waals surface area contributed by atoms with Crippen LogP contribution in [-0.4, -0.2) is 5.17 Å². The van der Waals surface area contributed by atoms with Gasteiger partial charge in [-0.2, -0.15) is 0 Å². The molecule has 0 spiro atoms. The molecule has 78 valence electrons. The minimum absolute atomic E-state index is 0. The van der Waals surface area contributed by atoms with Gasteiger partial charge >= 0.3 is 0 Å². The number of nitrogens with zero attached hydrogens (tertiary/aromatic N) is 1. The van der Waals surface area contributed by atoms with Crippen LogP contribution in [0.1, 0.15) is 5.56 Å². The van der Waals surface area contributed by atoms with E-state index in [1.807, 2.05) is 6.07 Å². The summed E-state index contributed by atoms with van der Waals surface area (Å²) in [5, 5.41) is 1.44. The first-order valence-electron chi connectivity index (χ1n) is 3.52. The third-order valence-corrected chi connectivity index (χ3v) is 2.15. The highest BCUT2D eigenvalue weighted by Crippen LogP contribution is 2.21. The monoisotopic (exact) mass is 270 g/mol. The Morgan fingerprint density at radius 3 is 2.57 bits per heavy atom. The first-order chi connectivity index (χ1) is 6.09. The number of rotatable bonds is 2. The molecule has 0 bridgehead atoms. The molecule has 0 fully saturated rings. The minimum atomic E-state index is 0. The maximum atomic E-state index is 5.89. The summed E-state index contributed by atoms with van der Waals surface area (Å²) in [6, 6.07) is 5.24. The van der Waals surface area contributed by atoms with Gasteiger partial charge in [-0.05, 0) is 17.7 Å². The second-order valence-corrected chi connectivity index (χ2v) is 3.71. The second kappa shape index (κ2) is 6.40. The van der Waals surface area contributed by atoms with Crippen molar-refractivity contribution < 1.29 is 0 Å². The smallest absolute Gasteiger partial charge is 0.151 e. The van der Waals surface area contributed by atoms with Crippen molar-refractivity contribution in [3.8, 4) is 0 Å². The first kappa shape index (κ1) is 13.9. The highest BCUT2D eigenvalue weighted by Gasteiger charge is 1.99. The molecule has 0 heterocycles. The second-order valence-electron chi connectivity index (χ2n) is 2.41. The molecule has 0 atom stereocenters. The maximum Gasteiger partial charge on any atom is 0.151 e. The Kier molecular flexibility index (Phi) is 6.36. The number of benzene rings is 1. The lowest BCUT2D eigenvalue weighted by Gasteiger charge is -2.00. The molecule has 0 aliphatic carbocycles. The van der Waals surface area contributed by atoms with E-state index in [9.17, 15) is 0 Å². The lowest BCUT2D eigenvalue weighted by Crippen LogP contribution is -2.02. The molecule has 0 aliphatic rings. The molecule has 0 radical (unpaired) electrons. The van der Waals surface area contributed by atoms with Crippen molar-refractivity contribution >= 4 is 53.4 Å². The van der Waals surface area contributed by atoms with Gasteiger partial charge in [0, 0.05) is 10.0 Å². The van der Waals surface area contributed by atoms with Crippen molar-refractivity contribution in [3.05, 3.63) is 33.8 Å². The van der Waals surface area contributed by atoms with Crippen molar-refractivity contribution in [1.29, 1.82) is 0 Å². The summed E-state index contributed by atoms with van der Waals surface area (Å²) in [6.07, 6.45) is 0. The van der Waals surface area contributed by atoms with Crippen LogP contribution in [0.2, 0.25) is 10.0 Å². The van der Waals surface area contributed by atoms with E-state index in [1.54, 1.807) is 12.1 Å². The predicted molar refractivity (Wildman–Crippen MR) is 68.0 cm³/mol. The molecule has 0 unspecified atom stereocenters. The third-order valence-electron chi connectivity index (χ3n) is 1.43. The van der Waals surface area contributed by atoms with E-state index >= 15 is 0 Å². The molecule has 0 amide bonds. The Hall–Kier alpha value is -0.0900. The van der Waals surface area contributed by atoms with Gasteiger partial charge in [-0.1, -0.05) is 29.3 Å². The molecule has 2 N–H and O–H groups in total. The molecular formula is C8H9Cl3N2S. The number of halogens is 3. The summed E-state index contributed by atoms with van der Waals surface area (Å²) in [4.78, 5) is 3.92. The van der Waals surface area contributed by atoms with E-state index in [1.165, 1.54) is 0 Å². The van der Waals surface area contributed by atoms with Gasteiger partial charge in [-0.3, -0.25) is 4.99 Å². The largest absolute Gasteiger partial charge is 0.379 e. The normalized spacial score (nSPS) is 10.9. The molecule has 0 saturated carbocycles. The summed E-state index contributed by atoms with van der Waals surface area (Å²) in [5.74, 6) is 0. The van der Waals surface area contributed by atoms with E-state index < -0.39 is 0 Å². The molecule has 1 aromatic carbocycles. The molecule has 0 saturated heterocycles. The molecular weight excluding hydrogens is 263 g/mol. The van der Waals surface area contributed by atoms with Crippen LogP contribution in [0.25, 0.3) is 0 Å². The molecule has 1 rings (SSSR count). The van der Waals surface area contributed by atoms with Gasteiger partial charge in [-0.15, -0.1) is 25.0 Å². The van der Waals surface area contributed by atoms with Crippen molar-refractivity contribution in [3.63, 3.8) is 0 Å². The zero-order chi connectivity index (χ0) is 9.84. The van der Waals surface area contributed by atoms with Crippen molar-refractivity contribution in [1.82, 2.24) is 0 Å². The van der Waals surface area contributed by atoms with Crippen LogP contribution >= 0.6 is 48.2 Å². The van der Waals surface area contributed by atoms with Gasteiger partial charge in [0.25, 0.3) is 0 Å². The SMILES string of the molecule is Cl.NC(S)=NCc1ccc(Cl)cc1Cl. The van der Waals surface area contributed by atoms with E-state index in [0.717, 1.165) is 5.56 Å².